The third-order valence-electron chi connectivity index (χ3n) is 2.34. The summed E-state index contributed by atoms with van der Waals surface area (Å²) in [5, 5.41) is 0. The first-order valence-corrected chi connectivity index (χ1v) is 6.30. The van der Waals surface area contributed by atoms with E-state index in [9.17, 15) is 9.59 Å². The van der Waals surface area contributed by atoms with Gasteiger partial charge in [-0.25, -0.2) is 4.79 Å². The van der Waals surface area contributed by atoms with Crippen LogP contribution < -0.4 is 0 Å². The van der Waals surface area contributed by atoms with Gasteiger partial charge in [0.1, 0.15) is 13.2 Å². The molecule has 0 unspecified atom stereocenters. The summed E-state index contributed by atoms with van der Waals surface area (Å²) in [5.74, 6) is -0.591. The second-order valence-electron chi connectivity index (χ2n) is 3.98. The molecule has 0 aliphatic carbocycles. The van der Waals surface area contributed by atoms with E-state index in [0.29, 0.717) is 6.61 Å². The van der Waals surface area contributed by atoms with Gasteiger partial charge in [-0.3, -0.25) is 4.79 Å². The maximum atomic E-state index is 10.4. The second kappa shape index (κ2) is 8.08. The number of hydrogen-bond acceptors (Lipinski definition) is 7. The van der Waals surface area contributed by atoms with Crippen LogP contribution in [0.1, 0.15) is 33.6 Å². The molecule has 0 amide bonds. The number of hydrogen-bond donors (Lipinski definition) is 0. The van der Waals surface area contributed by atoms with Gasteiger partial charge in [0.15, 0.2) is 6.29 Å². The zero-order valence-corrected chi connectivity index (χ0v) is 11.4. The third kappa shape index (κ3) is 6.00. The highest BCUT2D eigenvalue weighted by atomic mass is 16.8. The van der Waals surface area contributed by atoms with Crippen LogP contribution in [0.25, 0.3) is 0 Å². The first-order valence-electron chi connectivity index (χ1n) is 6.30. The summed E-state index contributed by atoms with van der Waals surface area (Å²) in [6.45, 7) is 5.67. The van der Waals surface area contributed by atoms with Crippen molar-refractivity contribution in [1.29, 1.82) is 0 Å². The molecule has 7 nitrogen and oxygen atoms in total. The molecule has 0 saturated carbocycles. The summed E-state index contributed by atoms with van der Waals surface area (Å²) in [6.07, 6.45) is 0.531. The van der Waals surface area contributed by atoms with E-state index in [1.54, 1.807) is 0 Å². The number of carbonyl (C=O) groups is 2. The molecule has 0 aromatic carbocycles. The second-order valence-corrected chi connectivity index (χ2v) is 3.98. The molecule has 3 atom stereocenters. The van der Waals surface area contributed by atoms with Crippen molar-refractivity contribution in [3.05, 3.63) is 0 Å². The lowest BCUT2D eigenvalue weighted by Gasteiger charge is -2.08. The van der Waals surface area contributed by atoms with Gasteiger partial charge in [-0.2, -0.15) is 0 Å². The van der Waals surface area contributed by atoms with Crippen molar-refractivity contribution in [3.8, 4) is 0 Å². The van der Waals surface area contributed by atoms with Crippen LogP contribution in [0.4, 0.5) is 0 Å². The summed E-state index contributed by atoms with van der Waals surface area (Å²) < 4.78 is 24.5. The van der Waals surface area contributed by atoms with Gasteiger partial charge in [-0.1, -0.05) is 13.8 Å². The molecular formula is C12H20O7. The van der Waals surface area contributed by atoms with Crippen LogP contribution in [0, 0.1) is 0 Å². The Hall–Kier alpha value is -1.18. The monoisotopic (exact) mass is 276 g/mol. The highest BCUT2D eigenvalue weighted by Crippen LogP contribution is 2.14. The molecule has 2 fully saturated rings. The van der Waals surface area contributed by atoms with E-state index in [4.69, 9.17) is 18.9 Å². The fourth-order valence-corrected chi connectivity index (χ4v) is 1.47. The van der Waals surface area contributed by atoms with Crippen molar-refractivity contribution < 1.29 is 33.3 Å². The van der Waals surface area contributed by atoms with Crippen molar-refractivity contribution >= 4 is 11.9 Å². The fourth-order valence-electron chi connectivity index (χ4n) is 1.47. The lowest BCUT2D eigenvalue weighted by Crippen LogP contribution is -2.18. The molecular weight excluding hydrogens is 256 g/mol. The van der Waals surface area contributed by atoms with Gasteiger partial charge in [0.25, 0.3) is 0 Å². The summed E-state index contributed by atoms with van der Waals surface area (Å²) >= 11 is 0. The molecule has 0 N–H and O–H groups in total. The first kappa shape index (κ1) is 15.9. The van der Waals surface area contributed by atoms with E-state index in [-0.39, 0.29) is 31.1 Å². The quantitative estimate of drug-likeness (QED) is 0.710. The van der Waals surface area contributed by atoms with E-state index in [2.05, 4.69) is 4.74 Å². The molecule has 0 bridgehead atoms. The molecule has 2 aliphatic rings. The van der Waals surface area contributed by atoms with Crippen molar-refractivity contribution in [2.24, 2.45) is 0 Å². The highest BCUT2D eigenvalue weighted by molar-refractivity contribution is 5.72. The molecule has 2 saturated heterocycles. The number of ether oxygens (including phenoxy) is 5. The van der Waals surface area contributed by atoms with Crippen molar-refractivity contribution in [1.82, 2.24) is 0 Å². The average Bonchev–Trinajstić information content (AvgIpc) is 2.98. The van der Waals surface area contributed by atoms with Gasteiger partial charge in [0.05, 0.1) is 0 Å². The predicted octanol–water partition coefficient (Wildman–Crippen LogP) is 0.954. The largest absolute Gasteiger partial charge is 0.434 e. The maximum absolute atomic E-state index is 10.4. The topological polar surface area (TPSA) is 80.3 Å². The smallest absolute Gasteiger partial charge is 0.334 e. The molecule has 2 aliphatic heterocycles. The third-order valence-corrected chi connectivity index (χ3v) is 2.34. The summed E-state index contributed by atoms with van der Waals surface area (Å²) in [7, 11) is 0. The van der Waals surface area contributed by atoms with Crippen LogP contribution in [-0.2, 0) is 33.3 Å². The number of rotatable bonds is 3. The zero-order valence-electron chi connectivity index (χ0n) is 11.4. The van der Waals surface area contributed by atoms with Crippen molar-refractivity contribution in [3.63, 3.8) is 0 Å². The standard InChI is InChI=1S/C7H12O4.C5H8O3/c1-3-6-9-4-7(11-6)10-5(2)8;1-2-5-7-3-4(6)8-5/h6-7H,3-4H2,1-2H3;5H,2-3H2,1H3/t6-,7-;5-/m11/s1. The summed E-state index contributed by atoms with van der Waals surface area (Å²) in [4.78, 5) is 20.7. The van der Waals surface area contributed by atoms with Crippen LogP contribution in [-0.4, -0.2) is 44.0 Å². The lowest BCUT2D eigenvalue weighted by atomic mass is 10.5. The Morgan fingerprint density at radius 3 is 2.32 bits per heavy atom. The van der Waals surface area contributed by atoms with Gasteiger partial charge >= 0.3 is 11.9 Å². The molecule has 2 rings (SSSR count). The lowest BCUT2D eigenvalue weighted by molar-refractivity contribution is -0.173. The van der Waals surface area contributed by atoms with Gasteiger partial charge in [0, 0.05) is 13.3 Å². The van der Waals surface area contributed by atoms with E-state index >= 15 is 0 Å². The number of esters is 2. The van der Waals surface area contributed by atoms with Gasteiger partial charge < -0.3 is 23.7 Å². The molecule has 7 heteroatoms. The maximum Gasteiger partial charge on any atom is 0.334 e. The number of cyclic esters (lactones) is 1. The fraction of sp³-hybridized carbons (Fsp3) is 0.833. The predicted molar refractivity (Wildman–Crippen MR) is 62.8 cm³/mol. The molecule has 0 radical (unpaired) electrons. The molecule has 0 spiro atoms. The van der Waals surface area contributed by atoms with Crippen LogP contribution in [0.15, 0.2) is 0 Å². The van der Waals surface area contributed by atoms with Crippen LogP contribution in [0.3, 0.4) is 0 Å². The van der Waals surface area contributed by atoms with Gasteiger partial charge in [0.2, 0.25) is 12.6 Å². The van der Waals surface area contributed by atoms with Gasteiger partial charge in [-0.05, 0) is 6.42 Å². The Morgan fingerprint density at radius 1 is 1.26 bits per heavy atom. The van der Waals surface area contributed by atoms with Crippen molar-refractivity contribution in [2.75, 3.05) is 13.2 Å². The Balaban J connectivity index is 0.000000200. The first-order chi connectivity index (χ1) is 9.05. The molecule has 19 heavy (non-hydrogen) atoms. The van der Waals surface area contributed by atoms with E-state index in [1.165, 1.54) is 6.92 Å². The van der Waals surface area contributed by atoms with Crippen molar-refractivity contribution in [2.45, 2.75) is 52.5 Å². The molecule has 110 valence electrons. The highest BCUT2D eigenvalue weighted by Gasteiger charge is 2.26. The average molecular weight is 276 g/mol. The normalized spacial score (nSPS) is 29.4. The Morgan fingerprint density at radius 2 is 1.95 bits per heavy atom. The SMILES string of the molecule is CC[C@@H]1OCC(=O)O1.CC[C@@H]1OC[C@H](OC(C)=O)O1. The minimum absolute atomic E-state index is 0.124. The minimum atomic E-state index is -0.502. The van der Waals surface area contributed by atoms with Crippen LogP contribution in [0.5, 0.6) is 0 Å². The summed E-state index contributed by atoms with van der Waals surface area (Å²) in [6, 6.07) is 0. The molecule has 0 aromatic rings. The Labute approximate surface area is 112 Å². The zero-order chi connectivity index (χ0) is 14.3. The molecule has 0 aromatic heterocycles. The van der Waals surface area contributed by atoms with E-state index in [1.807, 2.05) is 13.8 Å². The Kier molecular flexibility index (Phi) is 6.75. The van der Waals surface area contributed by atoms with E-state index < -0.39 is 6.29 Å². The Bertz CT molecular complexity index is 304. The molecule has 2 heterocycles. The number of carbonyl (C=O) groups excluding carboxylic acids is 2. The summed E-state index contributed by atoms with van der Waals surface area (Å²) in [5.41, 5.74) is 0. The van der Waals surface area contributed by atoms with Gasteiger partial charge in [-0.15, -0.1) is 0 Å². The van der Waals surface area contributed by atoms with Crippen LogP contribution >= 0.6 is 0 Å². The van der Waals surface area contributed by atoms with E-state index in [0.717, 1.165) is 12.8 Å². The van der Waals surface area contributed by atoms with Crippen LogP contribution in [0.2, 0.25) is 0 Å². The minimum Gasteiger partial charge on any atom is -0.434 e.